The van der Waals surface area contributed by atoms with Crippen molar-refractivity contribution < 1.29 is 20.1 Å². The van der Waals surface area contributed by atoms with Gasteiger partial charge in [0.2, 0.25) is 0 Å². The number of rotatable bonds is 6. The minimum absolute atomic E-state index is 0. The fourth-order valence-electron chi connectivity index (χ4n) is 4.39. The van der Waals surface area contributed by atoms with Crippen LogP contribution in [0, 0.1) is 18.1 Å². The molecule has 0 fully saturated rings. The smallest absolute Gasteiger partial charge is 0.0798 e. The van der Waals surface area contributed by atoms with Gasteiger partial charge in [0, 0.05) is 32.5 Å². The minimum Gasteiger partial charge on any atom is -0.305 e. The summed E-state index contributed by atoms with van der Waals surface area (Å²) in [6.45, 7) is 11.7. The van der Waals surface area contributed by atoms with E-state index in [9.17, 15) is 0 Å². The first-order valence-corrected chi connectivity index (χ1v) is 16.8. The number of hydrogen-bond donors (Lipinski definition) is 0. The van der Waals surface area contributed by atoms with Crippen LogP contribution >= 0.6 is 0 Å². The molecule has 2 nitrogen and oxygen atoms in total. The van der Waals surface area contributed by atoms with Crippen LogP contribution in [0.25, 0.3) is 33.6 Å². The van der Waals surface area contributed by atoms with E-state index >= 15 is 0 Å². The van der Waals surface area contributed by atoms with Crippen molar-refractivity contribution in [1.29, 1.82) is 0 Å². The first-order valence-electron chi connectivity index (χ1n) is 13.3. The SMILES string of the molecule is CC(C)Cc1cc(-c2[c-]cccc2)ncc1[Si](C)(C)C.[Ir].[c-]1ccccc1-c1ccc(-c2ccccc2)cn1. The van der Waals surface area contributed by atoms with Gasteiger partial charge in [0.05, 0.1) is 8.07 Å². The Hall–Kier alpha value is -3.17. The third kappa shape index (κ3) is 8.66. The van der Waals surface area contributed by atoms with Gasteiger partial charge in [-0.05, 0) is 40.0 Å². The number of benzene rings is 3. The summed E-state index contributed by atoms with van der Waals surface area (Å²) in [7, 11) is -1.34. The van der Waals surface area contributed by atoms with Crippen molar-refractivity contribution in [1.82, 2.24) is 9.97 Å². The van der Waals surface area contributed by atoms with Crippen molar-refractivity contribution in [3.63, 3.8) is 0 Å². The molecule has 0 amide bonds. The molecule has 2 aromatic heterocycles. The van der Waals surface area contributed by atoms with Crippen LogP contribution < -0.4 is 5.19 Å². The van der Waals surface area contributed by atoms with E-state index in [-0.39, 0.29) is 20.1 Å². The molecule has 0 aliphatic heterocycles. The Balaban J connectivity index is 0.000000211. The van der Waals surface area contributed by atoms with Gasteiger partial charge in [-0.15, -0.1) is 71.8 Å². The monoisotopic (exact) mass is 705 g/mol. The fraction of sp³-hybridized carbons (Fsp3) is 0.200. The third-order valence-electron chi connectivity index (χ3n) is 6.27. The van der Waals surface area contributed by atoms with Crippen molar-refractivity contribution >= 4 is 13.3 Å². The van der Waals surface area contributed by atoms with Crippen molar-refractivity contribution in [3.8, 4) is 33.6 Å². The molecule has 0 bridgehead atoms. The van der Waals surface area contributed by atoms with E-state index in [1.54, 1.807) is 0 Å². The molecule has 0 aliphatic rings. The molecule has 5 aromatic rings. The van der Waals surface area contributed by atoms with Crippen LogP contribution in [0.4, 0.5) is 0 Å². The number of aromatic nitrogens is 2. The van der Waals surface area contributed by atoms with E-state index in [0.717, 1.165) is 34.5 Å². The van der Waals surface area contributed by atoms with Gasteiger partial charge in [0.1, 0.15) is 0 Å². The van der Waals surface area contributed by atoms with Crippen LogP contribution in [0.2, 0.25) is 19.6 Å². The molecule has 201 valence electrons. The second kappa shape index (κ2) is 14.3. The molecule has 0 aliphatic carbocycles. The second-order valence-corrected chi connectivity index (χ2v) is 16.0. The summed E-state index contributed by atoms with van der Waals surface area (Å²) in [5.41, 5.74) is 7.90. The Morgan fingerprint density at radius 1 is 0.667 bits per heavy atom. The molecule has 0 saturated heterocycles. The Kier molecular flexibility index (Phi) is 11.1. The molecule has 0 spiro atoms. The van der Waals surface area contributed by atoms with Gasteiger partial charge in [0.25, 0.3) is 0 Å². The first-order chi connectivity index (χ1) is 18.3. The maximum absolute atomic E-state index is 4.69. The molecule has 39 heavy (non-hydrogen) atoms. The van der Waals surface area contributed by atoms with Crippen molar-refractivity contribution in [2.45, 2.75) is 39.9 Å². The summed E-state index contributed by atoms with van der Waals surface area (Å²) in [6.07, 6.45) is 5.15. The summed E-state index contributed by atoms with van der Waals surface area (Å²) < 4.78 is 0. The molecule has 1 radical (unpaired) electrons. The zero-order valence-corrected chi connectivity index (χ0v) is 26.8. The molecule has 3 aromatic carbocycles. The van der Waals surface area contributed by atoms with Crippen LogP contribution in [0.1, 0.15) is 19.4 Å². The van der Waals surface area contributed by atoms with Crippen molar-refractivity contribution in [2.75, 3.05) is 0 Å². The van der Waals surface area contributed by atoms with Gasteiger partial charge in [0.15, 0.2) is 0 Å². The standard InChI is InChI=1S/C18H24NSi.C17H12N.Ir/c1-14(2)11-16-12-17(15-9-7-6-8-10-15)19-13-18(16)20(3,4)5;1-3-7-14(8-4-1)16-11-12-17(18-13-16)15-9-5-2-6-10-15;/h6-9,12-14H,11H2,1-5H3;1-9,11-13H;/q2*-1;. The molecule has 5 rings (SSSR count). The molecule has 0 unspecified atom stereocenters. The molecule has 0 atom stereocenters. The molecular formula is C35H36IrN2Si-2. The van der Waals surface area contributed by atoms with Crippen LogP contribution in [-0.2, 0) is 26.5 Å². The zero-order chi connectivity index (χ0) is 27.0. The number of nitrogens with zero attached hydrogens (tertiary/aromatic N) is 2. The van der Waals surface area contributed by atoms with E-state index in [0.29, 0.717) is 5.92 Å². The van der Waals surface area contributed by atoms with E-state index in [1.807, 2.05) is 72.9 Å². The van der Waals surface area contributed by atoms with Crippen LogP contribution in [0.15, 0.2) is 109 Å². The summed E-state index contributed by atoms with van der Waals surface area (Å²) in [6, 6.07) is 39.1. The molecule has 0 N–H and O–H groups in total. The Labute approximate surface area is 249 Å². The first kappa shape index (κ1) is 30.4. The maximum atomic E-state index is 4.69. The molecule has 2 heterocycles. The van der Waals surface area contributed by atoms with Gasteiger partial charge in [-0.2, -0.15) is 0 Å². The number of hydrogen-bond acceptors (Lipinski definition) is 2. The van der Waals surface area contributed by atoms with E-state index in [2.05, 4.69) is 92.1 Å². The van der Waals surface area contributed by atoms with Crippen LogP contribution in [0.3, 0.4) is 0 Å². The third-order valence-corrected chi connectivity index (χ3v) is 8.33. The summed E-state index contributed by atoms with van der Waals surface area (Å²) >= 11 is 0. The number of pyridine rings is 2. The van der Waals surface area contributed by atoms with E-state index < -0.39 is 8.07 Å². The molecule has 0 saturated carbocycles. The van der Waals surface area contributed by atoms with E-state index in [4.69, 9.17) is 0 Å². The quantitative estimate of drug-likeness (QED) is 0.131. The molecule has 4 heteroatoms. The summed E-state index contributed by atoms with van der Waals surface area (Å²) in [5, 5.41) is 1.49. The largest absolute Gasteiger partial charge is 0.305 e. The zero-order valence-electron chi connectivity index (χ0n) is 23.4. The van der Waals surface area contributed by atoms with Crippen molar-refractivity contribution in [3.05, 3.63) is 127 Å². The topological polar surface area (TPSA) is 25.8 Å². The Morgan fingerprint density at radius 2 is 1.26 bits per heavy atom. The second-order valence-electron chi connectivity index (χ2n) is 10.9. The van der Waals surface area contributed by atoms with Gasteiger partial charge in [-0.3, -0.25) is 0 Å². The normalized spacial score (nSPS) is 10.8. The van der Waals surface area contributed by atoms with E-state index in [1.165, 1.54) is 16.3 Å². The average molecular weight is 705 g/mol. The Morgan fingerprint density at radius 3 is 1.77 bits per heavy atom. The maximum Gasteiger partial charge on any atom is 0.0798 e. The average Bonchev–Trinajstić information content (AvgIpc) is 2.94. The predicted octanol–water partition coefficient (Wildman–Crippen LogP) is 8.51. The Bertz CT molecular complexity index is 1350. The fourth-order valence-corrected chi connectivity index (χ4v) is 5.98. The van der Waals surface area contributed by atoms with Crippen molar-refractivity contribution in [2.24, 2.45) is 5.92 Å². The summed E-state index contributed by atoms with van der Waals surface area (Å²) in [4.78, 5) is 9.18. The minimum atomic E-state index is -1.34. The predicted molar refractivity (Wildman–Crippen MR) is 164 cm³/mol. The van der Waals surface area contributed by atoms with Crippen LogP contribution in [0.5, 0.6) is 0 Å². The summed E-state index contributed by atoms with van der Waals surface area (Å²) in [5.74, 6) is 0.667. The van der Waals surface area contributed by atoms with Gasteiger partial charge in [-0.1, -0.05) is 87.6 Å². The van der Waals surface area contributed by atoms with Crippen LogP contribution in [-0.4, -0.2) is 18.0 Å². The van der Waals surface area contributed by atoms with Gasteiger partial charge >= 0.3 is 0 Å². The van der Waals surface area contributed by atoms with Gasteiger partial charge in [-0.25, -0.2) is 0 Å². The van der Waals surface area contributed by atoms with Gasteiger partial charge < -0.3 is 9.97 Å². The molecular weight excluding hydrogens is 669 g/mol.